The van der Waals surface area contributed by atoms with Crippen LogP contribution in [0.5, 0.6) is 0 Å². The molecule has 1 aromatic rings. The minimum absolute atomic E-state index is 0. The average molecular weight is 1140 g/mol. The quantitative estimate of drug-likeness (QED) is 0.0841. The van der Waals surface area contributed by atoms with Crippen molar-refractivity contribution in [2.45, 2.75) is 275 Å². The Morgan fingerprint density at radius 2 is 0.709 bits per heavy atom. The molecular formula is C59H119ClN14O5. The molecule has 0 atom stereocenters. The van der Waals surface area contributed by atoms with Crippen molar-refractivity contribution < 1.29 is 24.2 Å². The van der Waals surface area contributed by atoms with Crippen LogP contribution in [0.15, 0.2) is 81.1 Å². The minimum atomic E-state index is -0.280. The number of hydrogen-bond donors (Lipinski definition) is 4. The first-order chi connectivity index (χ1) is 33.6. The van der Waals surface area contributed by atoms with Gasteiger partial charge in [0.2, 0.25) is 5.90 Å². The molecule has 79 heavy (non-hydrogen) atoms. The molecule has 0 unspecified atom stereocenters. The summed E-state index contributed by atoms with van der Waals surface area (Å²) in [5, 5.41) is 32.2. The molecule has 4 N–H and O–H groups in total. The maximum absolute atomic E-state index is 5.63. The molecule has 0 aromatic heterocycles. The van der Waals surface area contributed by atoms with Crippen molar-refractivity contribution >= 4 is 71.1 Å². The molecule has 0 saturated carbocycles. The molecule has 1 aromatic carbocycles. The summed E-state index contributed by atoms with van der Waals surface area (Å²) >= 11 is 5.63. The van der Waals surface area contributed by atoms with Crippen molar-refractivity contribution in [3.8, 4) is 0 Å². The first-order valence-corrected chi connectivity index (χ1v) is 25.7. The number of oxime groups is 5. The van der Waals surface area contributed by atoms with Crippen LogP contribution < -0.4 is 21.3 Å². The first-order valence-electron chi connectivity index (χ1n) is 25.1. The van der Waals surface area contributed by atoms with Crippen LogP contribution in [0.25, 0.3) is 0 Å². The molecule has 19 nitrogen and oxygen atoms in total. The summed E-state index contributed by atoms with van der Waals surface area (Å²) in [6, 6.07) is 11.5. The molecule has 0 radical (unpaired) electrons. The lowest BCUT2D eigenvalue weighted by molar-refractivity contribution is 0.285. The number of halogens is 1. The molecule has 1 rings (SSSR count). The van der Waals surface area contributed by atoms with Gasteiger partial charge >= 0.3 is 24.1 Å². The van der Waals surface area contributed by atoms with Crippen molar-refractivity contribution in [3.63, 3.8) is 0 Å². The summed E-state index contributed by atoms with van der Waals surface area (Å²) in [5.74, 6) is 0.820. The van der Waals surface area contributed by atoms with Gasteiger partial charge in [-0.25, -0.2) is 20.0 Å². The number of nitrogens with one attached hydrogen (secondary N) is 4. The summed E-state index contributed by atoms with van der Waals surface area (Å²) in [6.45, 7) is 60.7. The van der Waals surface area contributed by atoms with Gasteiger partial charge in [0, 0.05) is 42.8 Å². The topological polar surface area (TPSA) is 218 Å². The predicted molar refractivity (Wildman–Crippen MR) is 350 cm³/mol. The summed E-state index contributed by atoms with van der Waals surface area (Å²) in [5.41, 5.74) is 2.25. The third-order valence-corrected chi connectivity index (χ3v) is 7.58. The zero-order valence-electron chi connectivity index (χ0n) is 52.2. The van der Waals surface area contributed by atoms with Gasteiger partial charge in [-0.1, -0.05) is 85.8 Å². The lowest BCUT2D eigenvalue weighted by Crippen LogP contribution is -2.42. The number of rotatable bonds is 8. The highest BCUT2D eigenvalue weighted by atomic mass is 35.5. The number of amidine groups is 4. The van der Waals surface area contributed by atoms with E-state index in [-0.39, 0.29) is 74.0 Å². The second kappa shape index (κ2) is 38.9. The zero-order chi connectivity index (χ0) is 59.5. The van der Waals surface area contributed by atoms with Crippen molar-refractivity contribution in [3.05, 3.63) is 35.9 Å². The van der Waals surface area contributed by atoms with E-state index >= 15 is 0 Å². The molecule has 0 spiro atoms. The standard InChI is InChI=1S/C17H27N3O.C16H31N5O2.C12H24ClN3O.C10H21N3O.4CH4/c1-13(14-11-9-8-10-12-14)20-21-15(18-16(2,3)4)19-17(5,6)7;1-11(20-22-13(3)17-10)12(2)21-23-14(18-15(4,5)6)19-16(7,8)9;1-9(8-13)16-17-10(14-11(2,3)4)15-12(5,6)7;1-9(2,3)12-8(14-11-7)13-10(4,5)6;;;;/h8-12H,1-7H3,(H,18,19);1-10H3,(H,18,19);8H2,1-7H3,(H,14,15);7H2,1-6H3,(H,12,13);4*1H4/b20-13+;17-13?,20-11-,21-12+;;;;;;. The first kappa shape index (κ1) is 87.3. The Morgan fingerprint density at radius 3 is 0.975 bits per heavy atom. The molecule has 0 aliphatic carbocycles. The number of benzene rings is 1. The van der Waals surface area contributed by atoms with E-state index in [0.29, 0.717) is 53.0 Å². The molecule has 462 valence electrons. The molecule has 0 fully saturated rings. The van der Waals surface area contributed by atoms with Gasteiger partial charge in [-0.3, -0.25) is 4.99 Å². The van der Waals surface area contributed by atoms with E-state index < -0.39 is 0 Å². The van der Waals surface area contributed by atoms with E-state index in [0.717, 1.165) is 11.3 Å². The number of aliphatic imine (C=N–C) groups is 5. The molecule has 0 aliphatic rings. The fourth-order valence-corrected chi connectivity index (χ4v) is 4.30. The number of alkyl halides is 1. The van der Waals surface area contributed by atoms with Crippen LogP contribution in [0.2, 0.25) is 0 Å². The SMILES string of the molecule is C.C.C.C.C/C(=N\OC(=NC(C)(C)C)NC(C)(C)C)c1ccccc1.C=NOC(=NC(C)(C)C)NC(C)(C)C.CC(CCl)=NOC(=NC(C)(C)C)NC(C)(C)C.CN=C(C)O/N=C(C)\C(C)=N\OC(=NC(C)(C)C)NC(C)(C)C. The van der Waals surface area contributed by atoms with Crippen LogP contribution in [-0.2, 0) is 24.2 Å². The van der Waals surface area contributed by atoms with Crippen LogP contribution in [0.1, 0.15) is 236 Å². The van der Waals surface area contributed by atoms with E-state index in [4.69, 9.17) is 35.8 Å². The molecule has 0 bridgehead atoms. The van der Waals surface area contributed by atoms with E-state index in [2.05, 4.69) is 99.5 Å². The van der Waals surface area contributed by atoms with Crippen molar-refractivity contribution in [2.24, 2.45) is 50.7 Å². The van der Waals surface area contributed by atoms with Gasteiger partial charge in [0.25, 0.3) is 0 Å². The zero-order valence-corrected chi connectivity index (χ0v) is 52.9. The summed E-state index contributed by atoms with van der Waals surface area (Å²) < 4.78 is 0. The van der Waals surface area contributed by atoms with Gasteiger partial charge in [0.1, 0.15) is 11.4 Å². The van der Waals surface area contributed by atoms with E-state index in [1.165, 1.54) is 0 Å². The molecule has 0 amide bonds. The van der Waals surface area contributed by atoms with Gasteiger partial charge in [0.05, 0.1) is 39.5 Å². The van der Waals surface area contributed by atoms with Gasteiger partial charge in [-0.2, -0.15) is 0 Å². The van der Waals surface area contributed by atoms with Crippen LogP contribution in [0, 0.1) is 0 Å². The third kappa shape index (κ3) is 59.9. The normalized spacial score (nSPS) is 13.9. The number of hydrogen-bond acceptors (Lipinski definition) is 15. The van der Waals surface area contributed by atoms with Crippen LogP contribution >= 0.6 is 11.6 Å². The van der Waals surface area contributed by atoms with Crippen LogP contribution in [0.3, 0.4) is 0 Å². The lowest BCUT2D eigenvalue weighted by atomic mass is 10.1. The van der Waals surface area contributed by atoms with E-state index in [9.17, 15) is 0 Å². The molecule has 20 heteroatoms. The lowest BCUT2D eigenvalue weighted by Gasteiger charge is -2.23. The van der Waals surface area contributed by atoms with Gasteiger partial charge in [0.15, 0.2) is 0 Å². The molecule has 0 saturated heterocycles. The highest BCUT2D eigenvalue weighted by Gasteiger charge is 2.21. The monoisotopic (exact) mass is 1140 g/mol. The summed E-state index contributed by atoms with van der Waals surface area (Å²) in [7, 11) is 1.64. The van der Waals surface area contributed by atoms with Crippen LogP contribution in [0.4, 0.5) is 0 Å². The van der Waals surface area contributed by atoms with Gasteiger partial charge in [-0.15, -0.1) is 11.6 Å². The minimum Gasteiger partial charge on any atom is -0.342 e. The fraction of sp³-hybridized carbons (Fsp3) is 0.729. The van der Waals surface area contributed by atoms with Crippen molar-refractivity contribution in [2.75, 3.05) is 12.9 Å². The Kier molecular flexibility index (Phi) is 43.0. The molecule has 0 heterocycles. The van der Waals surface area contributed by atoms with Gasteiger partial charge < -0.3 is 45.5 Å². The Bertz CT molecular complexity index is 2120. The largest absolute Gasteiger partial charge is 0.342 e. The maximum Gasteiger partial charge on any atom is 0.315 e. The second-order valence-corrected chi connectivity index (χ2v) is 25.8. The Hall–Kier alpha value is -5.59. The second-order valence-electron chi connectivity index (χ2n) is 25.5. The van der Waals surface area contributed by atoms with Crippen molar-refractivity contribution in [1.82, 2.24) is 21.3 Å². The Balaban J connectivity index is -0.000000175. The highest BCUT2D eigenvalue weighted by Crippen LogP contribution is 2.13. The Morgan fingerprint density at radius 1 is 0.430 bits per heavy atom. The molecular weight excluding hydrogens is 1020 g/mol. The van der Waals surface area contributed by atoms with Gasteiger partial charge in [-0.05, 0) is 199 Å². The Labute approximate surface area is 489 Å². The van der Waals surface area contributed by atoms with Crippen molar-refractivity contribution in [1.29, 1.82) is 0 Å². The van der Waals surface area contributed by atoms with Crippen LogP contribution in [-0.4, -0.2) is 117 Å². The summed E-state index contributed by atoms with van der Waals surface area (Å²) in [6.07, 6.45) is 0. The highest BCUT2D eigenvalue weighted by molar-refractivity contribution is 6.40. The summed E-state index contributed by atoms with van der Waals surface area (Å²) in [4.78, 5) is 48.0. The number of nitrogens with zero attached hydrogens (tertiary/aromatic N) is 10. The maximum atomic E-state index is 5.63. The van der Waals surface area contributed by atoms with E-state index in [1.807, 2.05) is 183 Å². The van der Waals surface area contributed by atoms with E-state index in [1.54, 1.807) is 34.7 Å². The molecule has 0 aliphatic heterocycles. The third-order valence-electron chi connectivity index (χ3n) is 7.19. The fourth-order valence-electron chi connectivity index (χ4n) is 4.26. The average Bonchev–Trinajstić information content (AvgIpc) is 3.19. The predicted octanol–water partition coefficient (Wildman–Crippen LogP) is 15.2. The smallest absolute Gasteiger partial charge is 0.315 e.